The molecule has 0 bridgehead atoms. The van der Waals surface area contributed by atoms with Crippen LogP contribution in [0.3, 0.4) is 0 Å². The van der Waals surface area contributed by atoms with Crippen LogP contribution in [-0.4, -0.2) is 42.2 Å². The van der Waals surface area contributed by atoms with Crippen molar-refractivity contribution < 1.29 is 9.53 Å². The largest absolute Gasteiger partial charge is 0.488 e. The maximum Gasteiger partial charge on any atom is 0.255 e. The van der Waals surface area contributed by atoms with Crippen LogP contribution in [0.2, 0.25) is 0 Å². The van der Waals surface area contributed by atoms with Crippen molar-refractivity contribution in [3.63, 3.8) is 0 Å². The summed E-state index contributed by atoms with van der Waals surface area (Å²) in [5.74, 6) is 0.679. The first-order valence-electron chi connectivity index (χ1n) is 5.54. The summed E-state index contributed by atoms with van der Waals surface area (Å²) in [7, 11) is 3.46. The number of pyridine rings is 1. The maximum absolute atomic E-state index is 11.8. The summed E-state index contributed by atoms with van der Waals surface area (Å²) < 4.78 is 5.76. The number of carbonyl (C=O) groups is 1. The van der Waals surface area contributed by atoms with Gasteiger partial charge in [0.1, 0.15) is 5.03 Å². The molecule has 5 heteroatoms. The van der Waals surface area contributed by atoms with E-state index in [9.17, 15) is 4.79 Å². The van der Waals surface area contributed by atoms with Crippen LogP contribution in [-0.2, 0) is 0 Å². The van der Waals surface area contributed by atoms with E-state index in [1.807, 2.05) is 6.26 Å². The number of hydrogen-bond donors (Lipinski definition) is 0. The van der Waals surface area contributed by atoms with Crippen LogP contribution in [0.1, 0.15) is 23.2 Å². The third kappa shape index (κ3) is 2.91. The normalized spacial score (nSPS) is 14.5. The first kappa shape index (κ1) is 12.2. The fourth-order valence-electron chi connectivity index (χ4n) is 1.41. The molecule has 0 radical (unpaired) electrons. The molecular formula is C12H16N2O2S. The van der Waals surface area contributed by atoms with Crippen LogP contribution in [0.4, 0.5) is 0 Å². The van der Waals surface area contributed by atoms with Crippen LogP contribution in [0, 0.1) is 0 Å². The molecule has 1 aromatic rings. The number of hydrogen-bond acceptors (Lipinski definition) is 4. The fraction of sp³-hybridized carbons (Fsp3) is 0.500. The molecule has 0 unspecified atom stereocenters. The minimum Gasteiger partial charge on any atom is -0.488 e. The van der Waals surface area contributed by atoms with Crippen LogP contribution in [0.5, 0.6) is 5.75 Å². The molecule has 0 atom stereocenters. The first-order valence-corrected chi connectivity index (χ1v) is 6.76. The van der Waals surface area contributed by atoms with Crippen LogP contribution < -0.4 is 4.74 Å². The van der Waals surface area contributed by atoms with Crippen molar-refractivity contribution in [1.82, 2.24) is 9.88 Å². The van der Waals surface area contributed by atoms with Gasteiger partial charge in [-0.05, 0) is 25.2 Å². The van der Waals surface area contributed by atoms with Crippen molar-refractivity contribution in [1.29, 1.82) is 0 Å². The molecule has 1 saturated carbocycles. The van der Waals surface area contributed by atoms with E-state index in [-0.39, 0.29) is 5.91 Å². The first-order chi connectivity index (χ1) is 8.11. The molecule has 92 valence electrons. The monoisotopic (exact) mass is 252 g/mol. The number of nitrogens with zero attached hydrogens (tertiary/aromatic N) is 2. The Morgan fingerprint density at radius 1 is 1.53 bits per heavy atom. The second-order valence-corrected chi connectivity index (χ2v) is 5.04. The third-order valence-corrected chi connectivity index (χ3v) is 3.18. The lowest BCUT2D eigenvalue weighted by Gasteiger charge is -2.13. The van der Waals surface area contributed by atoms with Crippen LogP contribution in [0.25, 0.3) is 0 Å². The Morgan fingerprint density at radius 3 is 2.76 bits per heavy atom. The second-order valence-electron chi connectivity index (χ2n) is 4.25. The molecule has 0 saturated heterocycles. The average molecular weight is 252 g/mol. The molecular weight excluding hydrogens is 236 g/mol. The number of aromatic nitrogens is 1. The lowest BCUT2D eigenvalue weighted by molar-refractivity contribution is 0.0826. The van der Waals surface area contributed by atoms with E-state index in [2.05, 4.69) is 4.98 Å². The molecule has 0 spiro atoms. The minimum atomic E-state index is -0.0502. The van der Waals surface area contributed by atoms with Gasteiger partial charge in [0.25, 0.3) is 5.91 Å². The number of ether oxygens (including phenoxy) is 1. The van der Waals surface area contributed by atoms with Gasteiger partial charge in [-0.1, -0.05) is 0 Å². The van der Waals surface area contributed by atoms with Crippen molar-refractivity contribution in [3.8, 4) is 5.75 Å². The van der Waals surface area contributed by atoms with Gasteiger partial charge in [-0.3, -0.25) is 4.79 Å². The van der Waals surface area contributed by atoms with Gasteiger partial charge in [-0.25, -0.2) is 4.98 Å². The number of rotatable bonds is 4. The highest BCUT2D eigenvalue weighted by Gasteiger charge is 2.25. The lowest BCUT2D eigenvalue weighted by atomic mass is 10.2. The smallest absolute Gasteiger partial charge is 0.255 e. The maximum atomic E-state index is 11.8. The van der Waals surface area contributed by atoms with Gasteiger partial charge in [-0.15, -0.1) is 11.8 Å². The molecule has 1 aromatic heterocycles. The molecule has 0 aliphatic heterocycles. The molecule has 17 heavy (non-hydrogen) atoms. The molecule has 1 aliphatic carbocycles. The highest BCUT2D eigenvalue weighted by Crippen LogP contribution is 2.32. The van der Waals surface area contributed by atoms with Crippen LogP contribution in [0.15, 0.2) is 17.3 Å². The Hall–Kier alpha value is -1.23. The van der Waals surface area contributed by atoms with E-state index in [0.29, 0.717) is 11.7 Å². The van der Waals surface area contributed by atoms with Crippen molar-refractivity contribution >= 4 is 17.7 Å². The van der Waals surface area contributed by atoms with E-state index < -0.39 is 0 Å². The zero-order valence-corrected chi connectivity index (χ0v) is 11.1. The van der Waals surface area contributed by atoms with Gasteiger partial charge in [0.2, 0.25) is 0 Å². The predicted octanol–water partition coefficient (Wildman–Crippen LogP) is 2.05. The van der Waals surface area contributed by atoms with E-state index in [1.165, 1.54) is 16.7 Å². The summed E-state index contributed by atoms with van der Waals surface area (Å²) in [6.45, 7) is 0. The Labute approximate surface area is 105 Å². The number of carbonyl (C=O) groups excluding carboxylic acids is 1. The standard InChI is InChI=1S/C12H16N2O2S/c1-14(2)12(15)8-6-10(16-9-4-5-9)11(17-3)13-7-8/h6-7,9H,4-5H2,1-3H3. The van der Waals surface area contributed by atoms with Gasteiger partial charge in [0.05, 0.1) is 11.7 Å². The quantitative estimate of drug-likeness (QED) is 0.769. The summed E-state index contributed by atoms with van der Waals surface area (Å²) >= 11 is 1.53. The Bertz CT molecular complexity index is 431. The van der Waals surface area contributed by atoms with E-state index in [1.54, 1.807) is 26.4 Å². The zero-order chi connectivity index (χ0) is 12.4. The third-order valence-electron chi connectivity index (χ3n) is 2.48. The van der Waals surface area contributed by atoms with Gasteiger partial charge in [-0.2, -0.15) is 0 Å². The number of thioether (sulfide) groups is 1. The molecule has 0 aromatic carbocycles. The summed E-state index contributed by atoms with van der Waals surface area (Å²) in [6, 6.07) is 1.79. The summed E-state index contributed by atoms with van der Waals surface area (Å²) in [4.78, 5) is 17.6. The van der Waals surface area contributed by atoms with Crippen molar-refractivity contribution in [2.75, 3.05) is 20.4 Å². The van der Waals surface area contributed by atoms with E-state index in [4.69, 9.17) is 4.74 Å². The SMILES string of the molecule is CSc1ncc(C(=O)N(C)C)cc1OC1CC1. The molecule has 0 N–H and O–H groups in total. The summed E-state index contributed by atoms with van der Waals surface area (Å²) in [5.41, 5.74) is 0.573. The molecule has 4 nitrogen and oxygen atoms in total. The van der Waals surface area contributed by atoms with Crippen molar-refractivity contribution in [2.45, 2.75) is 24.0 Å². The van der Waals surface area contributed by atoms with E-state index >= 15 is 0 Å². The highest BCUT2D eigenvalue weighted by molar-refractivity contribution is 7.98. The molecule has 2 rings (SSSR count). The van der Waals surface area contributed by atoms with Gasteiger partial charge < -0.3 is 9.64 Å². The summed E-state index contributed by atoms with van der Waals surface area (Å²) in [5, 5.41) is 0.840. The predicted molar refractivity (Wildman–Crippen MR) is 67.7 cm³/mol. The molecule has 1 aliphatic rings. The van der Waals surface area contributed by atoms with E-state index in [0.717, 1.165) is 23.6 Å². The van der Waals surface area contributed by atoms with Gasteiger partial charge in [0.15, 0.2) is 5.75 Å². The van der Waals surface area contributed by atoms with Gasteiger partial charge in [0, 0.05) is 20.3 Å². The molecule has 1 amide bonds. The Balaban J connectivity index is 2.26. The topological polar surface area (TPSA) is 42.4 Å². The second kappa shape index (κ2) is 4.96. The number of amides is 1. The zero-order valence-electron chi connectivity index (χ0n) is 10.3. The Morgan fingerprint density at radius 2 is 2.24 bits per heavy atom. The van der Waals surface area contributed by atoms with Crippen molar-refractivity contribution in [2.24, 2.45) is 0 Å². The lowest BCUT2D eigenvalue weighted by Crippen LogP contribution is -2.22. The Kier molecular flexibility index (Phi) is 3.57. The fourth-order valence-corrected chi connectivity index (χ4v) is 1.88. The average Bonchev–Trinajstić information content (AvgIpc) is 3.11. The minimum absolute atomic E-state index is 0.0502. The molecule has 1 fully saturated rings. The van der Waals surface area contributed by atoms with Crippen LogP contribution >= 0.6 is 11.8 Å². The molecule has 1 heterocycles. The van der Waals surface area contributed by atoms with Crippen molar-refractivity contribution in [3.05, 3.63) is 17.8 Å². The van der Waals surface area contributed by atoms with Gasteiger partial charge >= 0.3 is 0 Å². The summed E-state index contributed by atoms with van der Waals surface area (Å²) in [6.07, 6.45) is 6.07. The highest BCUT2D eigenvalue weighted by atomic mass is 32.2.